The second-order valence-electron chi connectivity index (χ2n) is 6.75. The lowest BCUT2D eigenvalue weighted by Crippen LogP contribution is -2.13. The summed E-state index contributed by atoms with van der Waals surface area (Å²) in [5.41, 5.74) is 1.92. The summed E-state index contributed by atoms with van der Waals surface area (Å²) in [6.07, 6.45) is -1.79. The van der Waals surface area contributed by atoms with Gasteiger partial charge in [0.2, 0.25) is 0 Å². The van der Waals surface area contributed by atoms with Crippen molar-refractivity contribution in [2.24, 2.45) is 0 Å². The molecule has 3 rings (SSSR count). The molecule has 0 amide bonds. The van der Waals surface area contributed by atoms with Gasteiger partial charge in [0.15, 0.2) is 0 Å². The largest absolute Gasteiger partial charge is 0.490 e. The molecule has 0 saturated carbocycles. The predicted molar refractivity (Wildman–Crippen MR) is 109 cm³/mol. The number of aldehydes is 1. The number of carbonyl (C=O) groups excluding carboxylic acids is 1. The van der Waals surface area contributed by atoms with E-state index in [1.807, 2.05) is 13.0 Å². The van der Waals surface area contributed by atoms with Crippen LogP contribution in [0.25, 0.3) is 21.0 Å². The van der Waals surface area contributed by atoms with Crippen LogP contribution in [0.5, 0.6) is 5.75 Å². The van der Waals surface area contributed by atoms with Crippen molar-refractivity contribution in [3.05, 3.63) is 59.3 Å². The zero-order chi connectivity index (χ0) is 21.2. The molecule has 1 aromatic heterocycles. The van der Waals surface area contributed by atoms with Gasteiger partial charge >= 0.3 is 6.18 Å². The van der Waals surface area contributed by atoms with E-state index in [9.17, 15) is 18.0 Å². The van der Waals surface area contributed by atoms with Crippen LogP contribution in [-0.2, 0) is 12.6 Å². The average molecular weight is 419 g/mol. The molecule has 0 aliphatic rings. The summed E-state index contributed by atoms with van der Waals surface area (Å²) in [5.74, 6) is -0.194. The molecule has 0 aliphatic heterocycles. The van der Waals surface area contributed by atoms with Gasteiger partial charge in [-0.2, -0.15) is 13.2 Å². The molecule has 152 valence electrons. The Morgan fingerprint density at radius 1 is 1.21 bits per heavy atom. The van der Waals surface area contributed by atoms with E-state index in [1.165, 1.54) is 17.4 Å². The minimum absolute atomic E-state index is 0.194. The smallest absolute Gasteiger partial charge is 0.419 e. The normalized spacial score (nSPS) is 11.7. The van der Waals surface area contributed by atoms with Gasteiger partial charge in [-0.3, -0.25) is 4.79 Å². The Labute approximate surface area is 171 Å². The number of benzene rings is 2. The van der Waals surface area contributed by atoms with Gasteiger partial charge in [0.1, 0.15) is 17.0 Å². The number of aromatic nitrogens is 1. The summed E-state index contributed by atoms with van der Waals surface area (Å²) >= 11 is 1.29. The third-order valence-electron chi connectivity index (χ3n) is 4.36. The van der Waals surface area contributed by atoms with E-state index in [0.29, 0.717) is 22.6 Å². The Morgan fingerprint density at radius 2 is 1.97 bits per heavy atom. The SMILES string of the molecule is CCc1c(C=O)cccc1-c1cnc(-c2ccc(OC(C)C)c(C(F)(F)F)c2)s1. The van der Waals surface area contributed by atoms with Crippen LogP contribution in [0.4, 0.5) is 13.2 Å². The number of hydrogen-bond donors (Lipinski definition) is 0. The molecule has 0 spiro atoms. The summed E-state index contributed by atoms with van der Waals surface area (Å²) < 4.78 is 45.9. The summed E-state index contributed by atoms with van der Waals surface area (Å²) in [6, 6.07) is 9.42. The number of ether oxygens (including phenoxy) is 1. The molecule has 0 bridgehead atoms. The Hall–Kier alpha value is -2.67. The maximum absolute atomic E-state index is 13.5. The zero-order valence-electron chi connectivity index (χ0n) is 16.2. The molecule has 0 N–H and O–H groups in total. The standard InChI is InChI=1S/C22H20F3NO2S/c1-4-16-15(12-27)6-5-7-17(16)20-11-26-21(29-20)14-8-9-19(28-13(2)3)18(10-14)22(23,24)25/h5-13H,4H2,1-3H3. The van der Waals surface area contributed by atoms with Gasteiger partial charge in [0.25, 0.3) is 0 Å². The van der Waals surface area contributed by atoms with Crippen molar-refractivity contribution in [1.29, 1.82) is 0 Å². The van der Waals surface area contributed by atoms with Crippen molar-refractivity contribution in [3.8, 4) is 26.8 Å². The van der Waals surface area contributed by atoms with E-state index in [2.05, 4.69) is 4.98 Å². The van der Waals surface area contributed by atoms with Gasteiger partial charge in [-0.15, -0.1) is 11.3 Å². The maximum Gasteiger partial charge on any atom is 0.419 e. The molecular weight excluding hydrogens is 399 g/mol. The maximum atomic E-state index is 13.5. The molecule has 0 atom stereocenters. The van der Waals surface area contributed by atoms with Gasteiger partial charge in [-0.25, -0.2) is 4.98 Å². The van der Waals surface area contributed by atoms with E-state index in [4.69, 9.17) is 4.74 Å². The summed E-state index contributed by atoms with van der Waals surface area (Å²) in [7, 11) is 0. The van der Waals surface area contributed by atoms with E-state index in [-0.39, 0.29) is 11.9 Å². The number of nitrogens with zero attached hydrogens (tertiary/aromatic N) is 1. The third-order valence-corrected chi connectivity index (χ3v) is 5.44. The fourth-order valence-corrected chi connectivity index (χ4v) is 4.08. The first-order valence-electron chi connectivity index (χ1n) is 9.16. The molecule has 0 radical (unpaired) electrons. The number of rotatable bonds is 6. The van der Waals surface area contributed by atoms with E-state index in [1.54, 1.807) is 38.2 Å². The highest BCUT2D eigenvalue weighted by Gasteiger charge is 2.35. The molecule has 0 aliphatic carbocycles. The fourth-order valence-electron chi connectivity index (χ4n) is 3.11. The van der Waals surface area contributed by atoms with E-state index >= 15 is 0 Å². The first-order valence-corrected chi connectivity index (χ1v) is 9.97. The van der Waals surface area contributed by atoms with Gasteiger partial charge in [-0.05, 0) is 49.6 Å². The number of halogens is 3. The van der Waals surface area contributed by atoms with Gasteiger partial charge in [0.05, 0.1) is 16.5 Å². The van der Waals surface area contributed by atoms with Crippen LogP contribution < -0.4 is 4.74 Å². The van der Waals surface area contributed by atoms with Crippen molar-refractivity contribution in [1.82, 2.24) is 4.98 Å². The Kier molecular flexibility index (Phi) is 6.07. The predicted octanol–water partition coefficient (Wildman–Crippen LogP) is 6.66. The lowest BCUT2D eigenvalue weighted by atomic mass is 9.99. The van der Waals surface area contributed by atoms with Crippen molar-refractivity contribution in [3.63, 3.8) is 0 Å². The molecule has 29 heavy (non-hydrogen) atoms. The Morgan fingerprint density at radius 3 is 2.59 bits per heavy atom. The Bertz CT molecular complexity index is 1030. The summed E-state index contributed by atoms with van der Waals surface area (Å²) in [6.45, 7) is 5.32. The second kappa shape index (κ2) is 8.37. The van der Waals surface area contributed by atoms with Gasteiger partial charge < -0.3 is 4.74 Å². The van der Waals surface area contributed by atoms with Crippen LogP contribution in [-0.4, -0.2) is 17.4 Å². The minimum Gasteiger partial charge on any atom is -0.490 e. The molecule has 3 nitrogen and oxygen atoms in total. The summed E-state index contributed by atoms with van der Waals surface area (Å²) in [4.78, 5) is 16.4. The highest BCUT2D eigenvalue weighted by atomic mass is 32.1. The van der Waals surface area contributed by atoms with Crippen LogP contribution in [0.15, 0.2) is 42.6 Å². The van der Waals surface area contributed by atoms with Gasteiger partial charge in [0, 0.05) is 17.3 Å². The molecule has 0 saturated heterocycles. The zero-order valence-corrected chi connectivity index (χ0v) is 17.0. The molecule has 0 fully saturated rings. The van der Waals surface area contributed by atoms with Crippen LogP contribution in [0.1, 0.15) is 42.3 Å². The molecular formula is C22H20F3NO2S. The first kappa shape index (κ1) is 21.0. The van der Waals surface area contributed by atoms with Crippen LogP contribution in [0.3, 0.4) is 0 Å². The number of hydrogen-bond acceptors (Lipinski definition) is 4. The van der Waals surface area contributed by atoms with Crippen LogP contribution in [0.2, 0.25) is 0 Å². The van der Waals surface area contributed by atoms with Gasteiger partial charge in [-0.1, -0.05) is 25.1 Å². The Balaban J connectivity index is 2.04. The topological polar surface area (TPSA) is 39.2 Å². The molecule has 7 heteroatoms. The summed E-state index contributed by atoms with van der Waals surface area (Å²) in [5, 5.41) is 0.472. The van der Waals surface area contributed by atoms with Crippen LogP contribution in [0, 0.1) is 0 Å². The third kappa shape index (κ3) is 4.50. The van der Waals surface area contributed by atoms with E-state index in [0.717, 1.165) is 28.4 Å². The van der Waals surface area contributed by atoms with Crippen molar-refractivity contribution in [2.45, 2.75) is 39.5 Å². The molecule has 3 aromatic rings. The fraction of sp³-hybridized carbons (Fsp3) is 0.273. The minimum atomic E-state index is -4.53. The molecule has 0 unspecified atom stereocenters. The monoisotopic (exact) mass is 419 g/mol. The number of thiazole rings is 1. The highest BCUT2D eigenvalue weighted by molar-refractivity contribution is 7.18. The average Bonchev–Trinajstić information content (AvgIpc) is 3.16. The molecule has 2 aromatic carbocycles. The van der Waals surface area contributed by atoms with Crippen molar-refractivity contribution < 1.29 is 22.7 Å². The molecule has 1 heterocycles. The first-order chi connectivity index (χ1) is 13.7. The van der Waals surface area contributed by atoms with Crippen LogP contribution >= 0.6 is 11.3 Å². The quantitative estimate of drug-likeness (QED) is 0.420. The number of alkyl halides is 3. The lowest BCUT2D eigenvalue weighted by molar-refractivity contribution is -0.139. The van der Waals surface area contributed by atoms with E-state index < -0.39 is 11.7 Å². The lowest BCUT2D eigenvalue weighted by Gasteiger charge is -2.17. The number of carbonyl (C=O) groups is 1. The highest BCUT2D eigenvalue weighted by Crippen LogP contribution is 2.41. The van der Waals surface area contributed by atoms with Crippen molar-refractivity contribution in [2.75, 3.05) is 0 Å². The second-order valence-corrected chi connectivity index (χ2v) is 7.78. The van der Waals surface area contributed by atoms with Crippen molar-refractivity contribution >= 4 is 17.6 Å².